The zero-order valence-electron chi connectivity index (χ0n) is 9.69. The van der Waals surface area contributed by atoms with Gasteiger partial charge in [-0.25, -0.2) is 4.98 Å². The average Bonchev–Trinajstić information content (AvgIpc) is 2.98. The lowest BCUT2D eigenvalue weighted by Gasteiger charge is -2.20. The Labute approximate surface area is 91.7 Å². The van der Waals surface area contributed by atoms with E-state index in [0.29, 0.717) is 5.92 Å². The quantitative estimate of drug-likeness (QED) is 0.805. The molecule has 2 unspecified atom stereocenters. The summed E-state index contributed by atoms with van der Waals surface area (Å²) in [6.45, 7) is 5.47. The van der Waals surface area contributed by atoms with E-state index < -0.39 is 0 Å². The third-order valence-electron chi connectivity index (χ3n) is 3.44. The van der Waals surface area contributed by atoms with Crippen LogP contribution in [0.25, 0.3) is 0 Å². The Hall–Kier alpha value is -0.830. The van der Waals surface area contributed by atoms with Crippen LogP contribution in [-0.2, 0) is 6.54 Å². The van der Waals surface area contributed by atoms with Crippen molar-refractivity contribution in [1.82, 2.24) is 9.55 Å². The molecule has 1 heterocycles. The summed E-state index contributed by atoms with van der Waals surface area (Å²) in [4.78, 5) is 4.40. The molecule has 0 aliphatic heterocycles. The molecule has 2 N–H and O–H groups in total. The second-order valence-corrected chi connectivity index (χ2v) is 4.70. The molecule has 1 aliphatic rings. The lowest BCUT2D eigenvalue weighted by Crippen LogP contribution is -2.24. The van der Waals surface area contributed by atoms with Crippen molar-refractivity contribution in [2.24, 2.45) is 17.6 Å². The maximum absolute atomic E-state index is 6.27. The number of nitrogens with zero attached hydrogens (tertiary/aromatic N) is 2. The minimum absolute atomic E-state index is 0.110. The molecule has 1 aromatic rings. The van der Waals surface area contributed by atoms with E-state index in [4.69, 9.17) is 5.73 Å². The van der Waals surface area contributed by atoms with Crippen molar-refractivity contribution in [3.63, 3.8) is 0 Å². The Morgan fingerprint density at radius 2 is 2.33 bits per heavy atom. The third-order valence-corrected chi connectivity index (χ3v) is 3.44. The molecule has 0 amide bonds. The van der Waals surface area contributed by atoms with Gasteiger partial charge in [-0.15, -0.1) is 0 Å². The van der Waals surface area contributed by atoms with Gasteiger partial charge in [-0.1, -0.05) is 13.8 Å². The fraction of sp³-hybridized carbons (Fsp3) is 0.750. The van der Waals surface area contributed by atoms with E-state index in [-0.39, 0.29) is 6.04 Å². The number of imidazole rings is 1. The maximum atomic E-state index is 6.27. The summed E-state index contributed by atoms with van der Waals surface area (Å²) in [7, 11) is 0. The van der Waals surface area contributed by atoms with Crippen LogP contribution in [0, 0.1) is 11.8 Å². The molecule has 2 rings (SSSR count). The van der Waals surface area contributed by atoms with Crippen LogP contribution in [0.1, 0.15) is 45.0 Å². The first kappa shape index (κ1) is 10.7. The van der Waals surface area contributed by atoms with Gasteiger partial charge < -0.3 is 10.3 Å². The fourth-order valence-corrected chi connectivity index (χ4v) is 2.20. The van der Waals surface area contributed by atoms with E-state index in [0.717, 1.165) is 24.7 Å². The van der Waals surface area contributed by atoms with Crippen molar-refractivity contribution < 1.29 is 0 Å². The molecule has 0 bridgehead atoms. The minimum Gasteiger partial charge on any atom is -0.334 e. The highest BCUT2D eigenvalue weighted by atomic mass is 15.1. The van der Waals surface area contributed by atoms with Crippen molar-refractivity contribution in [3.05, 3.63) is 18.2 Å². The number of rotatable bonds is 5. The molecular weight excluding hydrogens is 186 g/mol. The molecule has 0 spiro atoms. The number of nitrogens with two attached hydrogens (primary N) is 1. The molecule has 2 atom stereocenters. The maximum Gasteiger partial charge on any atom is 0.125 e. The van der Waals surface area contributed by atoms with Gasteiger partial charge in [-0.2, -0.15) is 0 Å². The van der Waals surface area contributed by atoms with E-state index in [1.165, 1.54) is 12.8 Å². The number of aryl methyl sites for hydroxylation is 1. The second-order valence-electron chi connectivity index (χ2n) is 4.70. The van der Waals surface area contributed by atoms with Crippen molar-refractivity contribution in [1.29, 1.82) is 0 Å². The van der Waals surface area contributed by atoms with Gasteiger partial charge in [0, 0.05) is 18.9 Å². The predicted octanol–water partition coefficient (Wildman–Crippen LogP) is 2.34. The molecule has 1 aromatic heterocycles. The van der Waals surface area contributed by atoms with Gasteiger partial charge in [0.05, 0.1) is 6.04 Å². The first-order valence-corrected chi connectivity index (χ1v) is 6.00. The SMILES string of the molecule is CCCn1ccnc1C(N)C(C)C1CC1. The van der Waals surface area contributed by atoms with Crippen LogP contribution in [0.2, 0.25) is 0 Å². The fourth-order valence-electron chi connectivity index (χ4n) is 2.20. The summed E-state index contributed by atoms with van der Waals surface area (Å²) in [6.07, 6.45) is 7.74. The van der Waals surface area contributed by atoms with Crippen molar-refractivity contribution in [2.75, 3.05) is 0 Å². The number of hydrogen-bond acceptors (Lipinski definition) is 2. The molecule has 1 saturated carbocycles. The molecule has 0 aromatic carbocycles. The van der Waals surface area contributed by atoms with Gasteiger partial charge in [0.1, 0.15) is 5.82 Å². The second kappa shape index (κ2) is 4.35. The van der Waals surface area contributed by atoms with Crippen LogP contribution in [0.15, 0.2) is 12.4 Å². The summed E-state index contributed by atoms with van der Waals surface area (Å²) in [5.41, 5.74) is 6.27. The zero-order valence-corrected chi connectivity index (χ0v) is 9.69. The molecular formula is C12H21N3. The predicted molar refractivity (Wildman–Crippen MR) is 61.3 cm³/mol. The molecule has 1 fully saturated rings. The Bertz CT molecular complexity index is 314. The highest BCUT2D eigenvalue weighted by Gasteiger charge is 2.33. The van der Waals surface area contributed by atoms with Crippen LogP contribution in [-0.4, -0.2) is 9.55 Å². The summed E-state index contributed by atoms with van der Waals surface area (Å²) in [6, 6.07) is 0.110. The first-order chi connectivity index (χ1) is 7.24. The van der Waals surface area contributed by atoms with Crippen molar-refractivity contribution in [2.45, 2.75) is 45.7 Å². The number of hydrogen-bond donors (Lipinski definition) is 1. The highest BCUT2D eigenvalue weighted by molar-refractivity contribution is 5.02. The van der Waals surface area contributed by atoms with Crippen LogP contribution < -0.4 is 5.73 Å². The third kappa shape index (κ3) is 2.23. The lowest BCUT2D eigenvalue weighted by atomic mass is 9.97. The molecule has 3 heteroatoms. The van der Waals surface area contributed by atoms with Crippen LogP contribution >= 0.6 is 0 Å². The zero-order chi connectivity index (χ0) is 10.8. The molecule has 3 nitrogen and oxygen atoms in total. The summed E-state index contributed by atoms with van der Waals surface area (Å²) in [5.74, 6) is 2.48. The Morgan fingerprint density at radius 1 is 1.60 bits per heavy atom. The molecule has 0 radical (unpaired) electrons. The molecule has 84 valence electrons. The Balaban J connectivity index is 2.09. The molecule has 0 saturated heterocycles. The minimum atomic E-state index is 0.110. The van der Waals surface area contributed by atoms with Gasteiger partial charge in [-0.05, 0) is 31.1 Å². The van der Waals surface area contributed by atoms with E-state index >= 15 is 0 Å². The van der Waals surface area contributed by atoms with Crippen LogP contribution in [0.3, 0.4) is 0 Å². The normalized spacial score (nSPS) is 20.2. The first-order valence-electron chi connectivity index (χ1n) is 6.00. The van der Waals surface area contributed by atoms with Gasteiger partial charge in [0.15, 0.2) is 0 Å². The Morgan fingerprint density at radius 3 is 2.93 bits per heavy atom. The van der Waals surface area contributed by atoms with Crippen molar-refractivity contribution in [3.8, 4) is 0 Å². The van der Waals surface area contributed by atoms with Crippen LogP contribution in [0.4, 0.5) is 0 Å². The number of aromatic nitrogens is 2. The van der Waals surface area contributed by atoms with Crippen molar-refractivity contribution >= 4 is 0 Å². The van der Waals surface area contributed by atoms with Gasteiger partial charge >= 0.3 is 0 Å². The topological polar surface area (TPSA) is 43.8 Å². The summed E-state index contributed by atoms with van der Waals surface area (Å²) in [5, 5.41) is 0. The monoisotopic (exact) mass is 207 g/mol. The molecule has 15 heavy (non-hydrogen) atoms. The smallest absolute Gasteiger partial charge is 0.125 e. The molecule has 1 aliphatic carbocycles. The van der Waals surface area contributed by atoms with Crippen LogP contribution in [0.5, 0.6) is 0 Å². The largest absolute Gasteiger partial charge is 0.334 e. The summed E-state index contributed by atoms with van der Waals surface area (Å²) >= 11 is 0. The van der Waals surface area contributed by atoms with Gasteiger partial charge in [-0.3, -0.25) is 0 Å². The lowest BCUT2D eigenvalue weighted by molar-refractivity contribution is 0.389. The van der Waals surface area contributed by atoms with E-state index in [1.54, 1.807) is 0 Å². The highest BCUT2D eigenvalue weighted by Crippen LogP contribution is 2.41. The Kier molecular flexibility index (Phi) is 3.10. The standard InChI is InChI=1S/C12H21N3/c1-3-7-15-8-6-14-12(15)11(13)9(2)10-4-5-10/h6,8-11H,3-5,7,13H2,1-2H3. The van der Waals surface area contributed by atoms with E-state index in [1.807, 2.05) is 12.4 Å². The van der Waals surface area contributed by atoms with Gasteiger partial charge in [0.2, 0.25) is 0 Å². The van der Waals surface area contributed by atoms with E-state index in [2.05, 4.69) is 23.4 Å². The average molecular weight is 207 g/mol. The summed E-state index contributed by atoms with van der Waals surface area (Å²) < 4.78 is 2.20. The van der Waals surface area contributed by atoms with E-state index in [9.17, 15) is 0 Å². The van der Waals surface area contributed by atoms with Gasteiger partial charge in [0.25, 0.3) is 0 Å².